The maximum absolute atomic E-state index is 4.29. The molecule has 1 heterocycles. The molecule has 1 aromatic rings. The summed E-state index contributed by atoms with van der Waals surface area (Å²) < 4.78 is 2.04. The van der Waals surface area contributed by atoms with Gasteiger partial charge >= 0.3 is 0 Å². The number of aromatic nitrogens is 2. The van der Waals surface area contributed by atoms with Crippen molar-refractivity contribution in [2.45, 2.75) is 48.0 Å². The van der Waals surface area contributed by atoms with Gasteiger partial charge in [0.15, 0.2) is 0 Å². The molecular formula is C11H24N2. The van der Waals surface area contributed by atoms with E-state index in [1.54, 1.807) is 0 Å². The van der Waals surface area contributed by atoms with Gasteiger partial charge in [0.05, 0.1) is 5.69 Å². The molecule has 0 aromatic carbocycles. The zero-order chi connectivity index (χ0) is 10.9. The Kier molecular flexibility index (Phi) is 10.5. The van der Waals surface area contributed by atoms with Gasteiger partial charge in [0, 0.05) is 13.2 Å². The van der Waals surface area contributed by atoms with Crippen LogP contribution in [0.5, 0.6) is 0 Å². The lowest BCUT2D eigenvalue weighted by molar-refractivity contribution is 0.858. The molecule has 0 aliphatic carbocycles. The van der Waals surface area contributed by atoms with Crippen molar-refractivity contribution in [2.24, 2.45) is 7.05 Å². The predicted octanol–water partition coefficient (Wildman–Crippen LogP) is 3.34. The highest BCUT2D eigenvalue weighted by Crippen LogP contribution is 1.98. The normalized spacial score (nSPS) is 7.92. The molecule has 0 radical (unpaired) electrons. The first-order valence-corrected chi connectivity index (χ1v) is 5.23. The number of nitrogens with zero attached hydrogens (tertiary/aromatic N) is 2. The summed E-state index contributed by atoms with van der Waals surface area (Å²) >= 11 is 0. The number of rotatable bonds is 1. The lowest BCUT2D eigenvalue weighted by Crippen LogP contribution is -1.86. The summed E-state index contributed by atoms with van der Waals surface area (Å²) in [6.45, 7) is 12.1. The third kappa shape index (κ3) is 5.45. The Hall–Kier alpha value is -0.790. The fourth-order valence-electron chi connectivity index (χ4n) is 0.803. The smallest absolute Gasteiger partial charge is 0.105 e. The summed E-state index contributed by atoms with van der Waals surface area (Å²) in [7, 11) is 2.02. The van der Waals surface area contributed by atoms with Gasteiger partial charge in [0.25, 0.3) is 0 Å². The topological polar surface area (TPSA) is 17.8 Å². The second-order valence-electron chi connectivity index (χ2n) is 2.24. The highest BCUT2D eigenvalue weighted by molar-refractivity contribution is 5.01. The maximum Gasteiger partial charge on any atom is 0.105 e. The second kappa shape index (κ2) is 9.30. The minimum Gasteiger partial charge on any atom is -0.338 e. The van der Waals surface area contributed by atoms with Crippen molar-refractivity contribution in [3.8, 4) is 0 Å². The van der Waals surface area contributed by atoms with Crippen LogP contribution >= 0.6 is 0 Å². The number of hydrogen-bond donors (Lipinski definition) is 0. The molecule has 0 fully saturated rings. The Bertz CT molecular complexity index is 182. The van der Waals surface area contributed by atoms with E-state index >= 15 is 0 Å². The molecular weight excluding hydrogens is 160 g/mol. The van der Waals surface area contributed by atoms with Crippen LogP contribution in [-0.2, 0) is 13.5 Å². The summed E-state index contributed by atoms with van der Waals surface area (Å²) in [5.41, 5.74) is 1.18. The summed E-state index contributed by atoms with van der Waals surface area (Å²) in [5.74, 6) is 1.09. The summed E-state index contributed by atoms with van der Waals surface area (Å²) in [5, 5.41) is 0. The van der Waals surface area contributed by atoms with Gasteiger partial charge in [-0.05, 0) is 13.3 Å². The van der Waals surface area contributed by atoms with Gasteiger partial charge in [-0.1, -0.05) is 34.6 Å². The predicted molar refractivity (Wildman–Crippen MR) is 60.0 cm³/mol. The molecule has 0 unspecified atom stereocenters. The average Bonchev–Trinajstić information content (AvgIpc) is 2.53. The Balaban J connectivity index is 0. The van der Waals surface area contributed by atoms with Crippen molar-refractivity contribution in [3.05, 3.63) is 17.7 Å². The second-order valence-corrected chi connectivity index (χ2v) is 2.24. The van der Waals surface area contributed by atoms with Gasteiger partial charge in [-0.15, -0.1) is 0 Å². The fourth-order valence-corrected chi connectivity index (χ4v) is 0.803. The molecule has 0 aliphatic heterocycles. The van der Waals surface area contributed by atoms with E-state index in [4.69, 9.17) is 0 Å². The van der Waals surface area contributed by atoms with Crippen LogP contribution in [0.4, 0.5) is 0 Å². The highest BCUT2D eigenvalue weighted by Gasteiger charge is 1.95. The van der Waals surface area contributed by atoms with Gasteiger partial charge in [-0.3, -0.25) is 0 Å². The molecule has 1 aromatic heterocycles. The van der Waals surface area contributed by atoms with Crippen LogP contribution in [-0.4, -0.2) is 9.55 Å². The van der Waals surface area contributed by atoms with Crippen LogP contribution in [0.25, 0.3) is 0 Å². The van der Waals surface area contributed by atoms with Crippen molar-refractivity contribution in [2.75, 3.05) is 0 Å². The van der Waals surface area contributed by atoms with Crippen LogP contribution in [0.2, 0.25) is 0 Å². The van der Waals surface area contributed by atoms with Crippen molar-refractivity contribution >= 4 is 0 Å². The van der Waals surface area contributed by atoms with E-state index in [0.717, 1.165) is 12.2 Å². The van der Waals surface area contributed by atoms with E-state index < -0.39 is 0 Å². The molecule has 0 bridgehead atoms. The SMILES string of the molecule is CC.CC.CCc1cn(C)c(C)n1. The maximum atomic E-state index is 4.29. The van der Waals surface area contributed by atoms with E-state index in [9.17, 15) is 0 Å². The number of hydrogen-bond acceptors (Lipinski definition) is 1. The molecule has 2 heteroatoms. The monoisotopic (exact) mass is 184 g/mol. The van der Waals surface area contributed by atoms with Gasteiger partial charge in [0.1, 0.15) is 5.82 Å². The van der Waals surface area contributed by atoms with E-state index in [0.29, 0.717) is 0 Å². The Labute approximate surface area is 83.0 Å². The summed E-state index contributed by atoms with van der Waals surface area (Å²) in [6, 6.07) is 0. The Morgan fingerprint density at radius 2 is 1.69 bits per heavy atom. The Morgan fingerprint density at radius 3 is 1.85 bits per heavy atom. The minimum atomic E-state index is 1.03. The van der Waals surface area contributed by atoms with Crippen molar-refractivity contribution in [1.82, 2.24) is 9.55 Å². The molecule has 0 atom stereocenters. The van der Waals surface area contributed by atoms with Crippen LogP contribution < -0.4 is 0 Å². The van der Waals surface area contributed by atoms with E-state index in [-0.39, 0.29) is 0 Å². The third-order valence-electron chi connectivity index (χ3n) is 1.52. The third-order valence-corrected chi connectivity index (χ3v) is 1.52. The molecule has 0 saturated carbocycles. The van der Waals surface area contributed by atoms with Crippen molar-refractivity contribution in [1.29, 1.82) is 0 Å². The van der Waals surface area contributed by atoms with Crippen LogP contribution in [0.15, 0.2) is 6.20 Å². The van der Waals surface area contributed by atoms with Crippen LogP contribution in [0.1, 0.15) is 46.1 Å². The molecule has 0 saturated heterocycles. The van der Waals surface area contributed by atoms with E-state index in [1.165, 1.54) is 5.69 Å². The number of imidazole rings is 1. The molecule has 0 amide bonds. The first kappa shape index (κ1) is 14.7. The molecule has 0 N–H and O–H groups in total. The first-order chi connectivity index (χ1) is 6.24. The molecule has 2 nitrogen and oxygen atoms in total. The first-order valence-electron chi connectivity index (χ1n) is 5.23. The zero-order valence-corrected chi connectivity index (χ0v) is 10.2. The van der Waals surface area contributed by atoms with Gasteiger partial charge in [0.2, 0.25) is 0 Å². The Morgan fingerprint density at radius 1 is 1.23 bits per heavy atom. The molecule has 1 rings (SSSR count). The molecule has 13 heavy (non-hydrogen) atoms. The minimum absolute atomic E-state index is 1.03. The number of aryl methyl sites for hydroxylation is 3. The standard InChI is InChI=1S/C7H12N2.2C2H6/c1-4-7-5-9(3)6(2)8-7;2*1-2/h5H,4H2,1-3H3;2*1-2H3. The highest BCUT2D eigenvalue weighted by atomic mass is 15.0. The van der Waals surface area contributed by atoms with Gasteiger partial charge < -0.3 is 4.57 Å². The lowest BCUT2D eigenvalue weighted by atomic mass is 10.4. The average molecular weight is 184 g/mol. The summed E-state index contributed by atoms with van der Waals surface area (Å²) in [6.07, 6.45) is 3.09. The van der Waals surface area contributed by atoms with Crippen molar-refractivity contribution in [3.63, 3.8) is 0 Å². The van der Waals surface area contributed by atoms with E-state index in [1.807, 2.05) is 46.2 Å². The lowest BCUT2D eigenvalue weighted by Gasteiger charge is -1.87. The fraction of sp³-hybridized carbons (Fsp3) is 0.727. The van der Waals surface area contributed by atoms with E-state index in [2.05, 4.69) is 18.1 Å². The van der Waals surface area contributed by atoms with Gasteiger partial charge in [-0.2, -0.15) is 0 Å². The summed E-state index contributed by atoms with van der Waals surface area (Å²) in [4.78, 5) is 4.29. The molecule has 0 aliphatic rings. The van der Waals surface area contributed by atoms with Gasteiger partial charge in [-0.25, -0.2) is 4.98 Å². The van der Waals surface area contributed by atoms with Crippen LogP contribution in [0.3, 0.4) is 0 Å². The molecule has 0 spiro atoms. The van der Waals surface area contributed by atoms with Crippen molar-refractivity contribution < 1.29 is 0 Å². The largest absolute Gasteiger partial charge is 0.338 e. The van der Waals surface area contributed by atoms with Crippen LogP contribution in [0, 0.1) is 6.92 Å². The quantitative estimate of drug-likeness (QED) is 0.654. The zero-order valence-electron chi connectivity index (χ0n) is 10.2. The molecule has 78 valence electrons.